The van der Waals surface area contributed by atoms with E-state index in [1.54, 1.807) is 6.20 Å². The highest BCUT2D eigenvalue weighted by Crippen LogP contribution is 2.14. The second kappa shape index (κ2) is 7.61. The maximum Gasteiger partial charge on any atom is 0.229 e. The zero-order valence-electron chi connectivity index (χ0n) is 12.5. The fourth-order valence-electron chi connectivity index (χ4n) is 2.15. The van der Waals surface area contributed by atoms with Gasteiger partial charge in [-0.1, -0.05) is 41.9 Å². The molecular weight excluding hydrogens is 308 g/mol. The van der Waals surface area contributed by atoms with Crippen LogP contribution in [0.2, 0.25) is 5.02 Å². The van der Waals surface area contributed by atoms with Crippen molar-refractivity contribution in [2.45, 2.75) is 6.42 Å². The number of aromatic nitrogens is 2. The van der Waals surface area contributed by atoms with E-state index in [4.69, 9.17) is 11.6 Å². The average molecular weight is 325 g/mol. The lowest BCUT2D eigenvalue weighted by Gasteiger charge is -2.08. The standard InChI is InChI=1S/C18H17ClN4/c19-15-8-6-14(7-9-15)10-12-20-17-11-13-21-18(23-17)22-16-4-2-1-3-5-16/h1-9,11,13H,10,12H2,(H2,20,21,22,23). The average Bonchev–Trinajstić information content (AvgIpc) is 2.58. The smallest absolute Gasteiger partial charge is 0.229 e. The minimum absolute atomic E-state index is 0.577. The van der Waals surface area contributed by atoms with E-state index in [1.165, 1.54) is 5.56 Å². The molecule has 5 heteroatoms. The maximum atomic E-state index is 5.89. The first-order valence-corrected chi connectivity index (χ1v) is 7.81. The first-order valence-electron chi connectivity index (χ1n) is 7.43. The van der Waals surface area contributed by atoms with Crippen LogP contribution in [0.25, 0.3) is 0 Å². The van der Waals surface area contributed by atoms with Gasteiger partial charge < -0.3 is 10.6 Å². The van der Waals surface area contributed by atoms with Gasteiger partial charge in [0.25, 0.3) is 0 Å². The van der Waals surface area contributed by atoms with Gasteiger partial charge in [-0.2, -0.15) is 4.98 Å². The van der Waals surface area contributed by atoms with Crippen LogP contribution in [0.3, 0.4) is 0 Å². The van der Waals surface area contributed by atoms with E-state index >= 15 is 0 Å². The van der Waals surface area contributed by atoms with Crippen molar-refractivity contribution in [2.75, 3.05) is 17.2 Å². The molecule has 1 heterocycles. The minimum Gasteiger partial charge on any atom is -0.370 e. The monoisotopic (exact) mass is 324 g/mol. The van der Waals surface area contributed by atoms with Gasteiger partial charge in [0.1, 0.15) is 5.82 Å². The Morgan fingerprint density at radius 2 is 1.70 bits per heavy atom. The van der Waals surface area contributed by atoms with Crippen molar-refractivity contribution in [1.82, 2.24) is 9.97 Å². The van der Waals surface area contributed by atoms with Gasteiger partial charge in [-0.25, -0.2) is 4.98 Å². The number of halogens is 1. The predicted octanol–water partition coefficient (Wildman–Crippen LogP) is 4.53. The topological polar surface area (TPSA) is 49.8 Å². The zero-order chi connectivity index (χ0) is 15.9. The van der Waals surface area contributed by atoms with E-state index in [-0.39, 0.29) is 0 Å². The van der Waals surface area contributed by atoms with Crippen molar-refractivity contribution in [3.63, 3.8) is 0 Å². The Labute approximate surface area is 140 Å². The van der Waals surface area contributed by atoms with Crippen molar-refractivity contribution in [3.8, 4) is 0 Å². The Morgan fingerprint density at radius 1 is 0.913 bits per heavy atom. The van der Waals surface area contributed by atoms with Crippen molar-refractivity contribution in [2.24, 2.45) is 0 Å². The molecule has 1 aromatic heterocycles. The second-order valence-corrected chi connectivity index (χ2v) is 5.50. The lowest BCUT2D eigenvalue weighted by Crippen LogP contribution is -2.07. The summed E-state index contributed by atoms with van der Waals surface area (Å²) in [6.45, 7) is 0.795. The van der Waals surface area contributed by atoms with Crippen LogP contribution >= 0.6 is 11.6 Å². The molecule has 0 spiro atoms. The molecular formula is C18H17ClN4. The highest BCUT2D eigenvalue weighted by Gasteiger charge is 2.00. The Hall–Kier alpha value is -2.59. The molecule has 0 atom stereocenters. The van der Waals surface area contributed by atoms with Gasteiger partial charge >= 0.3 is 0 Å². The van der Waals surface area contributed by atoms with E-state index in [9.17, 15) is 0 Å². The fraction of sp³-hybridized carbons (Fsp3) is 0.111. The summed E-state index contributed by atoms with van der Waals surface area (Å²) in [5.41, 5.74) is 2.20. The molecule has 0 unspecified atom stereocenters. The third kappa shape index (κ3) is 4.69. The summed E-state index contributed by atoms with van der Waals surface area (Å²) in [6.07, 6.45) is 2.64. The van der Waals surface area contributed by atoms with Crippen LogP contribution in [0, 0.1) is 0 Å². The molecule has 0 aliphatic rings. The fourth-order valence-corrected chi connectivity index (χ4v) is 2.28. The summed E-state index contributed by atoms with van der Waals surface area (Å²) in [6, 6.07) is 19.6. The van der Waals surface area contributed by atoms with Gasteiger partial charge in [0.15, 0.2) is 0 Å². The van der Waals surface area contributed by atoms with Gasteiger partial charge in [0.2, 0.25) is 5.95 Å². The van der Waals surface area contributed by atoms with Gasteiger partial charge in [-0.05, 0) is 42.3 Å². The summed E-state index contributed by atoms with van der Waals surface area (Å²) in [5.74, 6) is 1.38. The minimum atomic E-state index is 0.577. The third-order valence-electron chi connectivity index (χ3n) is 3.32. The molecule has 0 aliphatic heterocycles. The first kappa shape index (κ1) is 15.3. The number of nitrogens with zero attached hydrogens (tertiary/aromatic N) is 2. The molecule has 3 aromatic rings. The highest BCUT2D eigenvalue weighted by atomic mass is 35.5. The van der Waals surface area contributed by atoms with Gasteiger partial charge in [-0.3, -0.25) is 0 Å². The summed E-state index contributed by atoms with van der Waals surface area (Å²) in [5, 5.41) is 7.25. The van der Waals surface area contributed by atoms with E-state index in [1.807, 2.05) is 60.7 Å². The van der Waals surface area contributed by atoms with Crippen molar-refractivity contribution in [3.05, 3.63) is 77.4 Å². The molecule has 116 valence electrons. The highest BCUT2D eigenvalue weighted by molar-refractivity contribution is 6.30. The van der Waals surface area contributed by atoms with Crippen LogP contribution in [0.15, 0.2) is 66.9 Å². The molecule has 23 heavy (non-hydrogen) atoms. The summed E-state index contributed by atoms with van der Waals surface area (Å²) < 4.78 is 0. The third-order valence-corrected chi connectivity index (χ3v) is 3.57. The number of anilines is 3. The van der Waals surface area contributed by atoms with E-state index in [0.717, 1.165) is 29.5 Å². The SMILES string of the molecule is Clc1ccc(CCNc2ccnc(Nc3ccccc3)n2)cc1. The Morgan fingerprint density at radius 3 is 2.48 bits per heavy atom. The summed E-state index contributed by atoms with van der Waals surface area (Å²) in [7, 11) is 0. The zero-order valence-corrected chi connectivity index (χ0v) is 13.3. The lowest BCUT2D eigenvalue weighted by atomic mass is 10.1. The number of rotatable bonds is 6. The molecule has 3 rings (SSSR count). The summed E-state index contributed by atoms with van der Waals surface area (Å²) in [4.78, 5) is 8.69. The number of para-hydroxylation sites is 1. The van der Waals surface area contributed by atoms with Crippen LogP contribution < -0.4 is 10.6 Å². The molecule has 0 radical (unpaired) electrons. The quantitative estimate of drug-likeness (QED) is 0.699. The predicted molar refractivity (Wildman–Crippen MR) is 95.4 cm³/mol. The molecule has 4 nitrogen and oxygen atoms in total. The normalized spacial score (nSPS) is 10.3. The van der Waals surface area contributed by atoms with Gasteiger partial charge in [-0.15, -0.1) is 0 Å². The van der Waals surface area contributed by atoms with Crippen LogP contribution in [0.5, 0.6) is 0 Å². The Bertz CT molecular complexity index is 744. The van der Waals surface area contributed by atoms with Crippen molar-refractivity contribution in [1.29, 1.82) is 0 Å². The van der Waals surface area contributed by atoms with Crippen molar-refractivity contribution < 1.29 is 0 Å². The molecule has 0 saturated carbocycles. The summed E-state index contributed by atoms with van der Waals surface area (Å²) >= 11 is 5.89. The molecule has 0 saturated heterocycles. The maximum absolute atomic E-state index is 5.89. The number of benzene rings is 2. The van der Waals surface area contributed by atoms with Crippen LogP contribution in [0.4, 0.5) is 17.5 Å². The molecule has 2 N–H and O–H groups in total. The van der Waals surface area contributed by atoms with Crippen molar-refractivity contribution >= 4 is 29.1 Å². The van der Waals surface area contributed by atoms with E-state index < -0.39 is 0 Å². The first-order chi connectivity index (χ1) is 11.3. The Kier molecular flexibility index (Phi) is 5.06. The van der Waals surface area contributed by atoms with Crippen LogP contribution in [0.1, 0.15) is 5.56 Å². The molecule has 0 aliphatic carbocycles. The molecule has 0 amide bonds. The number of nitrogens with one attached hydrogen (secondary N) is 2. The molecule has 0 bridgehead atoms. The van der Waals surface area contributed by atoms with Crippen LogP contribution in [-0.2, 0) is 6.42 Å². The second-order valence-electron chi connectivity index (χ2n) is 5.06. The van der Waals surface area contributed by atoms with E-state index in [0.29, 0.717) is 5.95 Å². The van der Waals surface area contributed by atoms with Gasteiger partial charge in [0.05, 0.1) is 0 Å². The molecule has 0 fully saturated rings. The largest absolute Gasteiger partial charge is 0.370 e. The Balaban J connectivity index is 1.56. The lowest BCUT2D eigenvalue weighted by molar-refractivity contribution is 1.00. The number of hydrogen-bond acceptors (Lipinski definition) is 4. The van der Waals surface area contributed by atoms with Gasteiger partial charge in [0, 0.05) is 23.5 Å². The molecule has 2 aromatic carbocycles. The number of hydrogen-bond donors (Lipinski definition) is 2. The van der Waals surface area contributed by atoms with E-state index in [2.05, 4.69) is 20.6 Å². The van der Waals surface area contributed by atoms with Crippen LogP contribution in [-0.4, -0.2) is 16.5 Å².